The first kappa shape index (κ1) is 15.6. The smallest absolute Gasteiger partial charge is 0.230 e. The number of aliphatic hydroxyl groups is 1. The number of carbonyl (C=O) groups excluding carboxylic acids is 1. The van der Waals surface area contributed by atoms with E-state index in [1.807, 2.05) is 54.6 Å². The van der Waals surface area contributed by atoms with E-state index < -0.39 is 6.10 Å². The standard InChI is InChI=1S/C17H19NO2S/c1-13(19)15-7-9-16(10-8-15)21-12-17(20)18-11-14-5-3-2-4-6-14/h2-10,13,19H,11-12H2,1H3,(H,18,20). The molecule has 0 aliphatic carbocycles. The molecule has 0 saturated heterocycles. The minimum atomic E-state index is -0.460. The Hall–Kier alpha value is -1.78. The summed E-state index contributed by atoms with van der Waals surface area (Å²) in [6, 6.07) is 17.5. The van der Waals surface area contributed by atoms with Gasteiger partial charge in [-0.3, -0.25) is 4.79 Å². The van der Waals surface area contributed by atoms with Gasteiger partial charge in [-0.1, -0.05) is 42.5 Å². The fourth-order valence-corrected chi connectivity index (χ4v) is 2.57. The normalized spacial score (nSPS) is 11.9. The number of nitrogens with one attached hydrogen (secondary N) is 1. The highest BCUT2D eigenvalue weighted by Crippen LogP contribution is 2.20. The first-order valence-corrected chi connectivity index (χ1v) is 7.85. The monoisotopic (exact) mass is 301 g/mol. The number of aliphatic hydroxyl groups excluding tert-OH is 1. The zero-order chi connectivity index (χ0) is 15.1. The molecule has 1 amide bonds. The molecule has 0 saturated carbocycles. The minimum Gasteiger partial charge on any atom is -0.389 e. The Morgan fingerprint density at radius 2 is 1.81 bits per heavy atom. The molecule has 0 spiro atoms. The lowest BCUT2D eigenvalue weighted by Crippen LogP contribution is -2.24. The Balaban J connectivity index is 1.76. The van der Waals surface area contributed by atoms with Crippen LogP contribution in [-0.4, -0.2) is 16.8 Å². The number of amides is 1. The summed E-state index contributed by atoms with van der Waals surface area (Å²) < 4.78 is 0. The maximum Gasteiger partial charge on any atom is 0.230 e. The largest absolute Gasteiger partial charge is 0.389 e. The summed E-state index contributed by atoms with van der Waals surface area (Å²) in [4.78, 5) is 12.8. The zero-order valence-corrected chi connectivity index (χ0v) is 12.8. The van der Waals surface area contributed by atoms with E-state index >= 15 is 0 Å². The van der Waals surface area contributed by atoms with Gasteiger partial charge in [-0.05, 0) is 30.2 Å². The van der Waals surface area contributed by atoms with E-state index in [1.54, 1.807) is 6.92 Å². The fraction of sp³-hybridized carbons (Fsp3) is 0.235. The molecule has 2 N–H and O–H groups in total. The highest BCUT2D eigenvalue weighted by Gasteiger charge is 2.04. The molecule has 0 fully saturated rings. The third-order valence-corrected chi connectivity index (χ3v) is 4.08. The van der Waals surface area contributed by atoms with Gasteiger partial charge >= 0.3 is 0 Å². The Bertz CT molecular complexity index is 567. The molecule has 0 heterocycles. The van der Waals surface area contributed by atoms with Crippen molar-refractivity contribution < 1.29 is 9.90 Å². The molecule has 4 heteroatoms. The first-order chi connectivity index (χ1) is 10.1. The fourth-order valence-electron chi connectivity index (χ4n) is 1.84. The molecule has 0 radical (unpaired) electrons. The van der Waals surface area contributed by atoms with E-state index in [-0.39, 0.29) is 5.91 Å². The summed E-state index contributed by atoms with van der Waals surface area (Å²) in [7, 11) is 0. The first-order valence-electron chi connectivity index (χ1n) is 6.86. The highest BCUT2D eigenvalue weighted by atomic mass is 32.2. The van der Waals surface area contributed by atoms with Crippen molar-refractivity contribution in [3.63, 3.8) is 0 Å². The second kappa shape index (κ2) is 7.86. The van der Waals surface area contributed by atoms with Crippen molar-refractivity contribution >= 4 is 17.7 Å². The van der Waals surface area contributed by atoms with Gasteiger partial charge in [-0.15, -0.1) is 11.8 Å². The molecule has 2 aromatic rings. The molecular weight excluding hydrogens is 282 g/mol. The lowest BCUT2D eigenvalue weighted by molar-refractivity contribution is -0.118. The van der Waals surface area contributed by atoms with Gasteiger partial charge in [0, 0.05) is 11.4 Å². The average Bonchev–Trinajstić information content (AvgIpc) is 2.52. The van der Waals surface area contributed by atoms with Crippen LogP contribution in [0.5, 0.6) is 0 Å². The zero-order valence-electron chi connectivity index (χ0n) is 12.0. The van der Waals surface area contributed by atoms with Crippen LogP contribution in [0.1, 0.15) is 24.2 Å². The molecule has 2 aromatic carbocycles. The molecule has 0 bridgehead atoms. The molecule has 21 heavy (non-hydrogen) atoms. The van der Waals surface area contributed by atoms with E-state index in [9.17, 15) is 9.90 Å². The quantitative estimate of drug-likeness (QED) is 0.806. The van der Waals surface area contributed by atoms with Crippen molar-refractivity contribution in [1.82, 2.24) is 5.32 Å². The third kappa shape index (κ3) is 5.25. The van der Waals surface area contributed by atoms with Crippen molar-refractivity contribution in [3.8, 4) is 0 Å². The van der Waals surface area contributed by atoms with Crippen LogP contribution in [0.25, 0.3) is 0 Å². The molecule has 0 aliphatic heterocycles. The van der Waals surface area contributed by atoms with Gasteiger partial charge in [0.05, 0.1) is 11.9 Å². The second-order valence-corrected chi connectivity index (χ2v) is 5.84. The Morgan fingerprint density at radius 1 is 1.14 bits per heavy atom. The molecule has 0 aromatic heterocycles. The summed E-state index contributed by atoms with van der Waals surface area (Å²) in [6.07, 6.45) is -0.460. The maximum absolute atomic E-state index is 11.8. The van der Waals surface area contributed by atoms with Crippen LogP contribution in [0.2, 0.25) is 0 Å². The van der Waals surface area contributed by atoms with Crippen molar-refractivity contribution in [1.29, 1.82) is 0 Å². The molecule has 1 atom stereocenters. The summed E-state index contributed by atoms with van der Waals surface area (Å²) in [5.41, 5.74) is 1.98. The minimum absolute atomic E-state index is 0.0171. The van der Waals surface area contributed by atoms with Gasteiger partial charge in [-0.2, -0.15) is 0 Å². The Labute approximate surface area is 129 Å². The van der Waals surface area contributed by atoms with Crippen molar-refractivity contribution in [2.75, 3.05) is 5.75 Å². The summed E-state index contributed by atoms with van der Waals surface area (Å²) in [5.74, 6) is 0.407. The Morgan fingerprint density at radius 3 is 2.43 bits per heavy atom. The number of hydrogen-bond acceptors (Lipinski definition) is 3. The van der Waals surface area contributed by atoms with Crippen LogP contribution >= 0.6 is 11.8 Å². The van der Waals surface area contributed by atoms with Crippen LogP contribution < -0.4 is 5.32 Å². The van der Waals surface area contributed by atoms with E-state index in [0.717, 1.165) is 16.0 Å². The SMILES string of the molecule is CC(O)c1ccc(SCC(=O)NCc2ccccc2)cc1. The van der Waals surface area contributed by atoms with E-state index in [4.69, 9.17) is 0 Å². The molecule has 1 unspecified atom stereocenters. The maximum atomic E-state index is 11.8. The summed E-state index contributed by atoms with van der Waals surface area (Å²) in [6.45, 7) is 2.29. The van der Waals surface area contributed by atoms with Crippen molar-refractivity contribution in [3.05, 3.63) is 65.7 Å². The number of benzene rings is 2. The van der Waals surface area contributed by atoms with Crippen LogP contribution in [0.15, 0.2) is 59.5 Å². The van der Waals surface area contributed by atoms with Crippen molar-refractivity contribution in [2.24, 2.45) is 0 Å². The van der Waals surface area contributed by atoms with Gasteiger partial charge in [0.15, 0.2) is 0 Å². The molecule has 110 valence electrons. The van der Waals surface area contributed by atoms with Gasteiger partial charge in [0.1, 0.15) is 0 Å². The predicted octanol–water partition coefficient (Wildman–Crippen LogP) is 3.15. The van der Waals surface area contributed by atoms with Gasteiger partial charge in [-0.25, -0.2) is 0 Å². The molecule has 0 aliphatic rings. The lowest BCUT2D eigenvalue weighted by Gasteiger charge is -2.07. The van der Waals surface area contributed by atoms with E-state index in [0.29, 0.717) is 12.3 Å². The van der Waals surface area contributed by atoms with E-state index in [1.165, 1.54) is 11.8 Å². The summed E-state index contributed by atoms with van der Waals surface area (Å²) in [5, 5.41) is 12.3. The van der Waals surface area contributed by atoms with Crippen LogP contribution in [-0.2, 0) is 11.3 Å². The lowest BCUT2D eigenvalue weighted by atomic mass is 10.1. The second-order valence-electron chi connectivity index (χ2n) is 4.80. The van der Waals surface area contributed by atoms with Gasteiger partial charge < -0.3 is 10.4 Å². The predicted molar refractivity (Wildman–Crippen MR) is 86.1 cm³/mol. The topological polar surface area (TPSA) is 49.3 Å². The number of carbonyl (C=O) groups is 1. The van der Waals surface area contributed by atoms with E-state index in [2.05, 4.69) is 5.32 Å². The van der Waals surface area contributed by atoms with Crippen LogP contribution in [0.4, 0.5) is 0 Å². The van der Waals surface area contributed by atoms with Crippen LogP contribution in [0.3, 0.4) is 0 Å². The van der Waals surface area contributed by atoms with Crippen molar-refractivity contribution in [2.45, 2.75) is 24.5 Å². The number of hydrogen-bond donors (Lipinski definition) is 2. The van der Waals surface area contributed by atoms with Crippen LogP contribution in [0, 0.1) is 0 Å². The van der Waals surface area contributed by atoms with Gasteiger partial charge in [0.2, 0.25) is 5.91 Å². The third-order valence-electron chi connectivity index (χ3n) is 3.06. The summed E-state index contributed by atoms with van der Waals surface area (Å²) >= 11 is 1.49. The number of thioether (sulfide) groups is 1. The molecule has 2 rings (SSSR count). The van der Waals surface area contributed by atoms with Gasteiger partial charge in [0.25, 0.3) is 0 Å². The molecular formula is C17H19NO2S. The Kier molecular flexibility index (Phi) is 5.84. The molecule has 3 nitrogen and oxygen atoms in total. The number of rotatable bonds is 6. The highest BCUT2D eigenvalue weighted by molar-refractivity contribution is 8.00. The average molecular weight is 301 g/mol.